The van der Waals surface area contributed by atoms with Crippen molar-refractivity contribution in [1.82, 2.24) is 0 Å². The molecule has 0 amide bonds. The Kier molecular flexibility index (Phi) is 13.8. The fraction of sp³-hybridized carbons (Fsp3) is 0.810. The Bertz CT molecular complexity index is 795. The summed E-state index contributed by atoms with van der Waals surface area (Å²) in [7, 11) is 0. The average Bonchev–Trinajstić information content (AvgIpc) is 3.05. The summed E-state index contributed by atoms with van der Waals surface area (Å²) in [4.78, 5) is 0. The van der Waals surface area contributed by atoms with Crippen LogP contribution in [0, 0.1) is 47.3 Å². The fourth-order valence-corrected chi connectivity index (χ4v) is 9.93. The van der Waals surface area contributed by atoms with Gasteiger partial charge >= 0.3 is 0 Å². The minimum atomic E-state index is -0.262. The Morgan fingerprint density at radius 1 is 0.488 bits per heavy atom. The molecule has 4 saturated carbocycles. The standard InChI is InChI=1S/C42H70O/c1-7-11-33-13-17-35(18-14-33)21-23-37-25-29-39(30-26-37)41(5,9-3)43-42(6,10-4)40-31-27-38(28-32-40)24-22-36-19-15-34(12-8-2)16-20-36/h7-12,33-40H,3-4,13-32H2,1-2,5-6H3. The van der Waals surface area contributed by atoms with Crippen LogP contribution in [0.15, 0.2) is 49.6 Å². The highest BCUT2D eigenvalue weighted by Crippen LogP contribution is 2.47. The fourth-order valence-electron chi connectivity index (χ4n) is 9.93. The van der Waals surface area contributed by atoms with Crippen molar-refractivity contribution in [2.24, 2.45) is 47.3 Å². The first kappa shape index (κ1) is 34.8. The average molecular weight is 591 g/mol. The molecule has 4 aliphatic carbocycles. The van der Waals surface area contributed by atoms with Crippen molar-refractivity contribution in [1.29, 1.82) is 0 Å². The summed E-state index contributed by atoms with van der Waals surface area (Å²) in [5.41, 5.74) is -0.524. The second-order valence-electron chi connectivity index (χ2n) is 16.1. The van der Waals surface area contributed by atoms with Gasteiger partial charge in [0, 0.05) is 0 Å². The lowest BCUT2D eigenvalue weighted by molar-refractivity contribution is -0.154. The molecule has 0 radical (unpaired) electrons. The number of hydrogen-bond donors (Lipinski definition) is 0. The summed E-state index contributed by atoms with van der Waals surface area (Å²) in [5, 5.41) is 0. The van der Waals surface area contributed by atoms with Gasteiger partial charge in [-0.25, -0.2) is 0 Å². The first-order valence-corrected chi connectivity index (χ1v) is 19.0. The Morgan fingerprint density at radius 3 is 1.02 bits per heavy atom. The molecule has 2 atom stereocenters. The molecule has 4 aliphatic rings. The lowest BCUT2D eigenvalue weighted by Crippen LogP contribution is -2.49. The summed E-state index contributed by atoms with van der Waals surface area (Å²) in [6.07, 6.45) is 41.6. The van der Waals surface area contributed by atoms with E-state index in [-0.39, 0.29) is 11.2 Å². The molecule has 4 fully saturated rings. The molecule has 0 aromatic rings. The molecule has 0 aromatic carbocycles. The minimum Gasteiger partial charge on any atom is -0.360 e. The lowest BCUT2D eigenvalue weighted by Gasteiger charge is -2.48. The second-order valence-corrected chi connectivity index (χ2v) is 16.1. The second kappa shape index (κ2) is 17.0. The van der Waals surface area contributed by atoms with E-state index in [0.717, 1.165) is 35.5 Å². The van der Waals surface area contributed by atoms with Gasteiger partial charge in [-0.3, -0.25) is 0 Å². The predicted octanol–water partition coefficient (Wildman–Crippen LogP) is 12.8. The van der Waals surface area contributed by atoms with Gasteiger partial charge in [0.15, 0.2) is 0 Å². The van der Waals surface area contributed by atoms with Crippen LogP contribution in [0.25, 0.3) is 0 Å². The van der Waals surface area contributed by atoms with Crippen molar-refractivity contribution < 1.29 is 4.74 Å². The van der Waals surface area contributed by atoms with Gasteiger partial charge in [-0.2, -0.15) is 0 Å². The third-order valence-corrected chi connectivity index (χ3v) is 13.2. The highest BCUT2D eigenvalue weighted by atomic mass is 16.5. The van der Waals surface area contributed by atoms with Crippen LogP contribution in [-0.4, -0.2) is 11.2 Å². The number of allylic oxidation sites excluding steroid dienone is 4. The summed E-state index contributed by atoms with van der Waals surface area (Å²) >= 11 is 0. The molecule has 0 heterocycles. The van der Waals surface area contributed by atoms with Crippen LogP contribution in [0.1, 0.15) is 156 Å². The third-order valence-electron chi connectivity index (χ3n) is 13.2. The number of ether oxygens (including phenoxy) is 1. The maximum atomic E-state index is 7.20. The van der Waals surface area contributed by atoms with Crippen molar-refractivity contribution in [2.75, 3.05) is 0 Å². The maximum absolute atomic E-state index is 7.20. The van der Waals surface area contributed by atoms with Gasteiger partial charge in [0.05, 0.1) is 11.2 Å². The van der Waals surface area contributed by atoms with E-state index in [2.05, 4.69) is 77.3 Å². The molecule has 244 valence electrons. The maximum Gasteiger partial charge on any atom is 0.0871 e. The van der Waals surface area contributed by atoms with E-state index in [0.29, 0.717) is 11.8 Å². The Labute approximate surface area is 268 Å². The van der Waals surface area contributed by atoms with E-state index in [4.69, 9.17) is 4.74 Å². The number of rotatable bonds is 14. The summed E-state index contributed by atoms with van der Waals surface area (Å²) in [6, 6.07) is 0. The third kappa shape index (κ3) is 9.95. The molecule has 2 unspecified atom stereocenters. The first-order valence-electron chi connectivity index (χ1n) is 19.0. The molecule has 0 spiro atoms. The Morgan fingerprint density at radius 2 is 0.767 bits per heavy atom. The molecule has 0 bridgehead atoms. The Hall–Kier alpha value is -1.08. The van der Waals surface area contributed by atoms with Crippen LogP contribution in [0.4, 0.5) is 0 Å². The van der Waals surface area contributed by atoms with Crippen LogP contribution in [0.3, 0.4) is 0 Å². The molecular weight excluding hydrogens is 520 g/mol. The van der Waals surface area contributed by atoms with E-state index in [1.807, 2.05) is 0 Å². The Balaban J connectivity index is 1.18. The molecule has 0 N–H and O–H groups in total. The van der Waals surface area contributed by atoms with Gasteiger partial charge in [-0.15, -0.1) is 13.2 Å². The minimum absolute atomic E-state index is 0.262. The predicted molar refractivity (Wildman–Crippen MR) is 188 cm³/mol. The highest BCUT2D eigenvalue weighted by Gasteiger charge is 2.44. The van der Waals surface area contributed by atoms with Crippen LogP contribution >= 0.6 is 0 Å². The molecule has 1 nitrogen and oxygen atoms in total. The quantitative estimate of drug-likeness (QED) is 0.183. The van der Waals surface area contributed by atoms with Crippen LogP contribution < -0.4 is 0 Å². The lowest BCUT2D eigenvalue weighted by atomic mass is 9.69. The number of hydrogen-bond acceptors (Lipinski definition) is 1. The van der Waals surface area contributed by atoms with E-state index < -0.39 is 0 Å². The van der Waals surface area contributed by atoms with Gasteiger partial charge in [0.25, 0.3) is 0 Å². The molecule has 43 heavy (non-hydrogen) atoms. The highest BCUT2D eigenvalue weighted by molar-refractivity contribution is 5.08. The van der Waals surface area contributed by atoms with Crippen molar-refractivity contribution in [3.63, 3.8) is 0 Å². The van der Waals surface area contributed by atoms with Gasteiger partial charge < -0.3 is 4.74 Å². The zero-order chi connectivity index (χ0) is 30.7. The normalized spacial score (nSPS) is 37.1. The SMILES string of the molecule is C=CC(C)(OC(C)(C=C)C1CCC(CCC2CCC(C=CC)CC2)CC1)C1CCC(CCC2CCC(C=CC)CC2)CC1. The molecule has 0 aromatic heterocycles. The van der Waals surface area contributed by atoms with Crippen molar-refractivity contribution >= 4 is 0 Å². The van der Waals surface area contributed by atoms with Crippen molar-refractivity contribution in [2.45, 2.75) is 167 Å². The van der Waals surface area contributed by atoms with Crippen LogP contribution in [0.2, 0.25) is 0 Å². The van der Waals surface area contributed by atoms with E-state index >= 15 is 0 Å². The summed E-state index contributed by atoms with van der Waals surface area (Å²) in [6.45, 7) is 17.7. The zero-order valence-corrected chi connectivity index (χ0v) is 29.0. The van der Waals surface area contributed by atoms with E-state index in [1.54, 1.807) is 0 Å². The van der Waals surface area contributed by atoms with E-state index in [1.165, 1.54) is 128 Å². The molecular formula is C42H70O. The monoisotopic (exact) mass is 591 g/mol. The zero-order valence-electron chi connectivity index (χ0n) is 29.0. The van der Waals surface area contributed by atoms with Gasteiger partial charge in [-0.05, 0) is 152 Å². The smallest absolute Gasteiger partial charge is 0.0871 e. The van der Waals surface area contributed by atoms with Gasteiger partial charge in [0.2, 0.25) is 0 Å². The van der Waals surface area contributed by atoms with E-state index in [9.17, 15) is 0 Å². The van der Waals surface area contributed by atoms with Crippen molar-refractivity contribution in [3.8, 4) is 0 Å². The molecule has 4 rings (SSSR count). The molecule has 1 heteroatoms. The van der Waals surface area contributed by atoms with Crippen LogP contribution in [-0.2, 0) is 4.74 Å². The first-order chi connectivity index (χ1) is 20.8. The summed E-state index contributed by atoms with van der Waals surface area (Å²) < 4.78 is 7.20. The van der Waals surface area contributed by atoms with Gasteiger partial charge in [-0.1, -0.05) is 87.8 Å². The molecule has 0 aliphatic heterocycles. The van der Waals surface area contributed by atoms with Crippen molar-refractivity contribution in [3.05, 3.63) is 49.6 Å². The van der Waals surface area contributed by atoms with Crippen LogP contribution in [0.5, 0.6) is 0 Å². The molecule has 0 saturated heterocycles. The largest absolute Gasteiger partial charge is 0.360 e. The summed E-state index contributed by atoms with van der Waals surface area (Å²) in [5.74, 6) is 6.67. The van der Waals surface area contributed by atoms with Gasteiger partial charge in [0.1, 0.15) is 0 Å². The topological polar surface area (TPSA) is 9.23 Å².